The number of nitrogens with zero attached hydrogens (tertiary/aromatic N) is 4. The van der Waals surface area contributed by atoms with Crippen LogP contribution >= 0.6 is 0 Å². The zero-order chi connectivity index (χ0) is 24.9. The van der Waals surface area contributed by atoms with E-state index in [0.29, 0.717) is 12.0 Å². The van der Waals surface area contributed by atoms with Crippen molar-refractivity contribution in [3.05, 3.63) is 76.0 Å². The molecule has 3 aliphatic heterocycles. The number of fused-ring (bicyclic) bond motifs is 2. The van der Waals surface area contributed by atoms with Crippen LogP contribution in [0.4, 0.5) is 17.5 Å². The first kappa shape index (κ1) is 23.4. The van der Waals surface area contributed by atoms with Crippen LogP contribution in [0.25, 0.3) is 0 Å². The van der Waals surface area contributed by atoms with Crippen LogP contribution in [-0.4, -0.2) is 47.6 Å². The molecule has 0 saturated carbocycles. The third-order valence-corrected chi connectivity index (χ3v) is 8.06. The van der Waals surface area contributed by atoms with E-state index in [4.69, 9.17) is 10.7 Å². The van der Waals surface area contributed by atoms with E-state index < -0.39 is 5.66 Å². The Morgan fingerprint density at radius 3 is 2.64 bits per heavy atom. The number of piperidine rings is 1. The Hall–Kier alpha value is -3.04. The lowest BCUT2D eigenvalue weighted by molar-refractivity contribution is 0.147. The maximum absolute atomic E-state index is 6.98. The highest BCUT2D eigenvalue weighted by atomic mass is 15.6. The number of aryl methyl sites for hydroxylation is 2. The van der Waals surface area contributed by atoms with Gasteiger partial charge in [0.15, 0.2) is 5.82 Å². The molecule has 36 heavy (non-hydrogen) atoms. The zero-order valence-electron chi connectivity index (χ0n) is 21.4. The van der Waals surface area contributed by atoms with E-state index in [2.05, 4.69) is 76.2 Å². The molecule has 8 heteroatoms. The molecule has 5 N–H and O–H groups in total. The molecule has 0 spiro atoms. The summed E-state index contributed by atoms with van der Waals surface area (Å²) in [6, 6.07) is 13.6. The average molecular weight is 485 g/mol. The first-order valence-electron chi connectivity index (χ1n) is 13.0. The summed E-state index contributed by atoms with van der Waals surface area (Å²) in [4.78, 5) is 12.2. The Kier molecular flexibility index (Phi) is 5.92. The third kappa shape index (κ3) is 4.04. The molecule has 8 nitrogen and oxygen atoms in total. The van der Waals surface area contributed by atoms with E-state index in [1.807, 2.05) is 18.3 Å². The summed E-state index contributed by atoms with van der Waals surface area (Å²) in [6.07, 6.45) is 5.44. The number of benzene rings is 2. The minimum atomic E-state index is -0.873. The van der Waals surface area contributed by atoms with Crippen molar-refractivity contribution in [3.8, 4) is 0 Å². The molecule has 6 rings (SSSR count). The van der Waals surface area contributed by atoms with E-state index in [1.165, 1.54) is 24.0 Å². The molecular weight excluding hydrogens is 448 g/mol. The molecule has 2 aromatic carbocycles. The van der Waals surface area contributed by atoms with Crippen molar-refractivity contribution < 1.29 is 0 Å². The Balaban J connectivity index is 1.25. The van der Waals surface area contributed by atoms with Crippen molar-refractivity contribution in [2.24, 2.45) is 5.73 Å². The van der Waals surface area contributed by atoms with Gasteiger partial charge in [-0.05, 0) is 86.1 Å². The fraction of sp³-hybridized carbons (Fsp3) is 0.429. The van der Waals surface area contributed by atoms with Crippen molar-refractivity contribution in [1.82, 2.24) is 25.6 Å². The van der Waals surface area contributed by atoms with Gasteiger partial charge in [0.25, 0.3) is 0 Å². The molecule has 188 valence electrons. The van der Waals surface area contributed by atoms with Crippen LogP contribution in [0.1, 0.15) is 46.2 Å². The maximum Gasteiger partial charge on any atom is 0.229 e. The van der Waals surface area contributed by atoms with Gasteiger partial charge in [-0.3, -0.25) is 9.91 Å². The van der Waals surface area contributed by atoms with E-state index in [0.717, 1.165) is 66.4 Å². The lowest BCUT2D eigenvalue weighted by Gasteiger charge is -2.38. The SMILES string of the molecule is Cc1cccc(C)c1C1(N)NN(C)c2nc(Nc3ccc4c(c3)CN(C3CCNCC3)CC4)ncc21. The molecule has 1 atom stereocenters. The van der Waals surface area contributed by atoms with Gasteiger partial charge in [-0.15, -0.1) is 0 Å². The van der Waals surface area contributed by atoms with Crippen LogP contribution in [0.15, 0.2) is 42.6 Å². The van der Waals surface area contributed by atoms with Crippen molar-refractivity contribution in [2.75, 3.05) is 37.0 Å². The van der Waals surface area contributed by atoms with Crippen LogP contribution < -0.4 is 26.8 Å². The molecule has 0 radical (unpaired) electrons. The number of hydrazine groups is 1. The molecule has 1 unspecified atom stereocenters. The molecule has 1 fully saturated rings. The predicted molar refractivity (Wildman–Crippen MR) is 144 cm³/mol. The summed E-state index contributed by atoms with van der Waals surface area (Å²) >= 11 is 0. The van der Waals surface area contributed by atoms with Crippen molar-refractivity contribution >= 4 is 17.5 Å². The molecule has 1 aromatic heterocycles. The van der Waals surface area contributed by atoms with E-state index in [1.54, 1.807) is 0 Å². The van der Waals surface area contributed by atoms with E-state index in [-0.39, 0.29) is 0 Å². The van der Waals surface area contributed by atoms with Crippen LogP contribution in [0.2, 0.25) is 0 Å². The fourth-order valence-electron chi connectivity index (χ4n) is 6.24. The number of nitrogens with two attached hydrogens (primary N) is 1. The molecule has 3 aromatic rings. The monoisotopic (exact) mass is 484 g/mol. The van der Waals surface area contributed by atoms with Gasteiger partial charge < -0.3 is 16.4 Å². The average Bonchev–Trinajstić information content (AvgIpc) is 3.13. The quantitative estimate of drug-likeness (QED) is 0.449. The third-order valence-electron chi connectivity index (χ3n) is 8.06. The van der Waals surface area contributed by atoms with Crippen LogP contribution in [0.5, 0.6) is 0 Å². The summed E-state index contributed by atoms with van der Waals surface area (Å²) in [5, 5.41) is 8.83. The number of aromatic nitrogens is 2. The van der Waals surface area contributed by atoms with Gasteiger partial charge >= 0.3 is 0 Å². The number of nitrogens with one attached hydrogen (secondary N) is 3. The Morgan fingerprint density at radius 1 is 1.08 bits per heavy atom. The summed E-state index contributed by atoms with van der Waals surface area (Å²) in [5.41, 5.74) is 17.6. The molecule has 0 bridgehead atoms. The maximum atomic E-state index is 6.98. The smallest absolute Gasteiger partial charge is 0.229 e. The molecule has 3 aliphatic rings. The molecule has 0 aliphatic carbocycles. The second kappa shape index (κ2) is 9.12. The van der Waals surface area contributed by atoms with Crippen LogP contribution in [0, 0.1) is 13.8 Å². The van der Waals surface area contributed by atoms with Gasteiger partial charge in [-0.1, -0.05) is 24.3 Å². The number of hydrogen-bond donors (Lipinski definition) is 4. The number of rotatable bonds is 4. The van der Waals surface area contributed by atoms with Crippen LogP contribution in [0.3, 0.4) is 0 Å². The topological polar surface area (TPSA) is 94.4 Å². The zero-order valence-corrected chi connectivity index (χ0v) is 21.4. The lowest BCUT2D eigenvalue weighted by atomic mass is 9.88. The second-order valence-corrected chi connectivity index (χ2v) is 10.5. The van der Waals surface area contributed by atoms with Crippen molar-refractivity contribution in [1.29, 1.82) is 0 Å². The minimum absolute atomic E-state index is 0.569. The van der Waals surface area contributed by atoms with Gasteiger partial charge in [-0.25, -0.2) is 10.4 Å². The number of hydrogen-bond acceptors (Lipinski definition) is 8. The summed E-state index contributed by atoms with van der Waals surface area (Å²) in [5.74, 6) is 1.35. The first-order valence-corrected chi connectivity index (χ1v) is 13.0. The minimum Gasteiger partial charge on any atom is -0.324 e. The summed E-state index contributed by atoms with van der Waals surface area (Å²) in [7, 11) is 1.95. The van der Waals surface area contributed by atoms with Gasteiger partial charge in [0.1, 0.15) is 5.66 Å². The Bertz CT molecular complexity index is 1260. The number of anilines is 3. The highest BCUT2D eigenvalue weighted by Crippen LogP contribution is 2.39. The van der Waals surface area contributed by atoms with Crippen LogP contribution in [-0.2, 0) is 18.6 Å². The van der Waals surface area contributed by atoms with Gasteiger partial charge in [0.05, 0.1) is 5.56 Å². The summed E-state index contributed by atoms with van der Waals surface area (Å²) in [6.45, 7) is 8.60. The Labute approximate surface area is 213 Å². The fourth-order valence-corrected chi connectivity index (χ4v) is 6.24. The lowest BCUT2D eigenvalue weighted by Crippen LogP contribution is -2.52. The highest BCUT2D eigenvalue weighted by Gasteiger charge is 2.43. The molecule has 4 heterocycles. The largest absolute Gasteiger partial charge is 0.324 e. The molecule has 1 saturated heterocycles. The summed E-state index contributed by atoms with van der Waals surface area (Å²) < 4.78 is 0. The van der Waals surface area contributed by atoms with E-state index >= 15 is 0 Å². The second-order valence-electron chi connectivity index (χ2n) is 10.5. The van der Waals surface area contributed by atoms with Gasteiger partial charge in [0, 0.05) is 38.1 Å². The van der Waals surface area contributed by atoms with E-state index in [9.17, 15) is 0 Å². The molecular formula is C28H36N8. The van der Waals surface area contributed by atoms with Crippen molar-refractivity contribution in [2.45, 2.75) is 51.4 Å². The van der Waals surface area contributed by atoms with Gasteiger partial charge in [0.2, 0.25) is 5.95 Å². The normalized spacial score (nSPS) is 22.4. The standard InChI is InChI=1S/C28H36N8/c1-18-5-4-6-19(2)25(18)28(29)24-16-31-27(33-26(24)35(3)34-28)32-22-8-7-20-11-14-36(17-21(20)15-22)23-9-12-30-13-10-23/h4-8,15-16,23,30,34H,9-14,17,29H2,1-3H3,(H,31,32,33). The van der Waals surface area contributed by atoms with Gasteiger partial charge in [-0.2, -0.15) is 4.98 Å². The highest BCUT2D eigenvalue weighted by molar-refractivity contribution is 5.64. The Morgan fingerprint density at radius 2 is 1.86 bits per heavy atom. The molecule has 0 amide bonds. The predicted octanol–water partition coefficient (Wildman–Crippen LogP) is 3.06. The first-order chi connectivity index (χ1) is 17.4. The van der Waals surface area contributed by atoms with Crippen molar-refractivity contribution in [3.63, 3.8) is 0 Å².